The van der Waals surface area contributed by atoms with Crippen molar-refractivity contribution in [1.82, 2.24) is 14.8 Å². The Balaban J connectivity index is 2.08. The van der Waals surface area contributed by atoms with Gasteiger partial charge in [-0.15, -0.1) is 0 Å². The molecule has 1 aliphatic heterocycles. The van der Waals surface area contributed by atoms with Gasteiger partial charge in [-0.1, -0.05) is 26.0 Å². The van der Waals surface area contributed by atoms with Gasteiger partial charge in [0, 0.05) is 18.4 Å². The number of esters is 1. The summed E-state index contributed by atoms with van der Waals surface area (Å²) >= 11 is 0. The largest absolute Gasteiger partial charge is 0.467 e. The number of hydrogen-bond donors (Lipinski definition) is 1. The zero-order valence-corrected chi connectivity index (χ0v) is 17.5. The van der Waals surface area contributed by atoms with E-state index in [1.807, 2.05) is 18.2 Å². The number of carbonyl (C=O) groups excluding carboxylic acids is 3. The molecule has 1 aliphatic rings. The van der Waals surface area contributed by atoms with E-state index in [9.17, 15) is 19.2 Å². The Morgan fingerprint density at radius 1 is 1.20 bits per heavy atom. The molecule has 1 saturated heterocycles. The molecule has 0 bridgehead atoms. The first-order valence-electron chi connectivity index (χ1n) is 9.72. The SMILES string of the molecule is COC(=O)C1CNC(=O)CN1C(=O)c1c(C)ccn(-c2cccc(C(C)C)c2)c1=O. The van der Waals surface area contributed by atoms with Crippen molar-refractivity contribution in [3.8, 4) is 5.69 Å². The maximum absolute atomic E-state index is 13.3. The van der Waals surface area contributed by atoms with E-state index in [1.165, 1.54) is 11.7 Å². The summed E-state index contributed by atoms with van der Waals surface area (Å²) in [6.07, 6.45) is 1.62. The van der Waals surface area contributed by atoms with Crippen LogP contribution in [-0.4, -0.2) is 53.5 Å². The Morgan fingerprint density at radius 3 is 2.60 bits per heavy atom. The molecule has 8 heteroatoms. The molecule has 1 aromatic carbocycles. The number of amides is 2. The Bertz CT molecular complexity index is 1060. The van der Waals surface area contributed by atoms with Crippen LogP contribution in [0.3, 0.4) is 0 Å². The molecule has 2 heterocycles. The smallest absolute Gasteiger partial charge is 0.330 e. The number of piperazine rings is 1. The Hall–Kier alpha value is -3.42. The quantitative estimate of drug-likeness (QED) is 0.767. The second-order valence-electron chi connectivity index (χ2n) is 7.57. The molecule has 1 atom stereocenters. The highest BCUT2D eigenvalue weighted by Gasteiger charge is 2.37. The second-order valence-corrected chi connectivity index (χ2v) is 7.57. The van der Waals surface area contributed by atoms with Crippen LogP contribution in [0.4, 0.5) is 0 Å². The monoisotopic (exact) mass is 411 g/mol. The number of pyridine rings is 1. The van der Waals surface area contributed by atoms with Crippen molar-refractivity contribution in [1.29, 1.82) is 0 Å². The van der Waals surface area contributed by atoms with Crippen LogP contribution >= 0.6 is 0 Å². The maximum atomic E-state index is 13.3. The van der Waals surface area contributed by atoms with E-state index in [-0.39, 0.29) is 24.6 Å². The molecule has 1 unspecified atom stereocenters. The number of rotatable bonds is 4. The molecule has 2 aromatic rings. The molecule has 1 fully saturated rings. The van der Waals surface area contributed by atoms with Crippen LogP contribution in [0.2, 0.25) is 0 Å². The number of hydrogen-bond acceptors (Lipinski definition) is 5. The van der Waals surface area contributed by atoms with Gasteiger partial charge >= 0.3 is 5.97 Å². The number of nitrogens with one attached hydrogen (secondary N) is 1. The lowest BCUT2D eigenvalue weighted by atomic mass is 10.0. The highest BCUT2D eigenvalue weighted by atomic mass is 16.5. The molecule has 0 saturated carbocycles. The summed E-state index contributed by atoms with van der Waals surface area (Å²) in [5, 5.41) is 2.55. The average Bonchev–Trinajstić information content (AvgIpc) is 2.73. The van der Waals surface area contributed by atoms with E-state index in [0.29, 0.717) is 11.3 Å². The first-order valence-corrected chi connectivity index (χ1v) is 9.72. The Labute approximate surface area is 174 Å². The third-order valence-corrected chi connectivity index (χ3v) is 5.25. The van der Waals surface area contributed by atoms with Crippen molar-refractivity contribution >= 4 is 17.8 Å². The second kappa shape index (κ2) is 8.52. The van der Waals surface area contributed by atoms with Crippen LogP contribution < -0.4 is 10.9 Å². The molecule has 0 spiro atoms. The van der Waals surface area contributed by atoms with E-state index in [2.05, 4.69) is 19.2 Å². The number of ether oxygens (including phenoxy) is 1. The van der Waals surface area contributed by atoms with Gasteiger partial charge in [0.25, 0.3) is 11.5 Å². The molecule has 3 rings (SSSR count). The lowest BCUT2D eigenvalue weighted by Crippen LogP contribution is -2.60. The minimum Gasteiger partial charge on any atom is -0.467 e. The van der Waals surface area contributed by atoms with Crippen molar-refractivity contribution in [2.45, 2.75) is 32.7 Å². The molecule has 158 valence electrons. The number of aryl methyl sites for hydroxylation is 1. The van der Waals surface area contributed by atoms with Crippen LogP contribution in [0.15, 0.2) is 41.3 Å². The zero-order chi connectivity index (χ0) is 22.0. The summed E-state index contributed by atoms with van der Waals surface area (Å²) in [4.78, 5) is 51.7. The highest BCUT2D eigenvalue weighted by Crippen LogP contribution is 2.19. The first kappa shape index (κ1) is 21.3. The van der Waals surface area contributed by atoms with Crippen molar-refractivity contribution in [3.05, 3.63) is 63.6 Å². The lowest BCUT2D eigenvalue weighted by Gasteiger charge is -2.33. The van der Waals surface area contributed by atoms with Gasteiger partial charge in [-0.25, -0.2) is 4.79 Å². The van der Waals surface area contributed by atoms with E-state index in [0.717, 1.165) is 10.5 Å². The van der Waals surface area contributed by atoms with Crippen molar-refractivity contribution < 1.29 is 19.1 Å². The van der Waals surface area contributed by atoms with E-state index in [4.69, 9.17) is 4.74 Å². The standard InChI is InChI=1S/C22H25N3O5/c1-13(2)15-6-5-7-16(10-15)24-9-8-14(3)19(20(24)27)21(28)25-12-18(26)23-11-17(25)22(29)30-4/h5-10,13,17H,11-12H2,1-4H3,(H,23,26). The fraction of sp³-hybridized carbons (Fsp3) is 0.364. The normalized spacial score (nSPS) is 16.4. The number of methoxy groups -OCH3 is 1. The first-order chi connectivity index (χ1) is 14.2. The van der Waals surface area contributed by atoms with Crippen LogP contribution in [0.5, 0.6) is 0 Å². The number of nitrogens with zero attached hydrogens (tertiary/aromatic N) is 2. The van der Waals surface area contributed by atoms with Crippen LogP contribution in [-0.2, 0) is 14.3 Å². The van der Waals surface area contributed by atoms with Crippen LogP contribution in [0.25, 0.3) is 5.69 Å². The highest BCUT2D eigenvalue weighted by molar-refractivity contribution is 6.00. The zero-order valence-electron chi connectivity index (χ0n) is 17.5. The van der Waals surface area contributed by atoms with Gasteiger partial charge in [-0.05, 0) is 42.2 Å². The summed E-state index contributed by atoms with van der Waals surface area (Å²) < 4.78 is 6.17. The van der Waals surface area contributed by atoms with Gasteiger partial charge in [-0.3, -0.25) is 19.0 Å². The average molecular weight is 411 g/mol. The molecule has 2 amide bonds. The molecule has 1 aromatic heterocycles. The van der Waals surface area contributed by atoms with E-state index >= 15 is 0 Å². The van der Waals surface area contributed by atoms with Crippen molar-refractivity contribution in [2.24, 2.45) is 0 Å². The third-order valence-electron chi connectivity index (χ3n) is 5.25. The van der Waals surface area contributed by atoms with Crippen LogP contribution in [0, 0.1) is 6.92 Å². The molecule has 0 radical (unpaired) electrons. The molecule has 8 nitrogen and oxygen atoms in total. The van der Waals surface area contributed by atoms with E-state index in [1.54, 1.807) is 25.3 Å². The van der Waals surface area contributed by atoms with Gasteiger partial charge in [0.2, 0.25) is 5.91 Å². The summed E-state index contributed by atoms with van der Waals surface area (Å²) in [6, 6.07) is 8.22. The fourth-order valence-electron chi connectivity index (χ4n) is 3.47. The lowest BCUT2D eigenvalue weighted by molar-refractivity contribution is -0.147. The van der Waals surface area contributed by atoms with Gasteiger partial charge in [0.1, 0.15) is 18.2 Å². The summed E-state index contributed by atoms with van der Waals surface area (Å²) in [6.45, 7) is 5.38. The topological polar surface area (TPSA) is 97.7 Å². The summed E-state index contributed by atoms with van der Waals surface area (Å²) in [5.74, 6) is -1.44. The summed E-state index contributed by atoms with van der Waals surface area (Å²) in [5.41, 5.74) is 1.59. The molecule has 30 heavy (non-hydrogen) atoms. The maximum Gasteiger partial charge on any atom is 0.330 e. The minimum absolute atomic E-state index is 0.0618. The minimum atomic E-state index is -0.989. The molecule has 1 N–H and O–H groups in total. The van der Waals surface area contributed by atoms with Gasteiger partial charge in [0.05, 0.1) is 7.11 Å². The predicted octanol–water partition coefficient (Wildman–Crippen LogP) is 1.38. The fourth-order valence-corrected chi connectivity index (χ4v) is 3.47. The summed E-state index contributed by atoms with van der Waals surface area (Å²) in [7, 11) is 1.21. The number of carbonyl (C=O) groups is 3. The third kappa shape index (κ3) is 3.98. The van der Waals surface area contributed by atoms with E-state index < -0.39 is 29.4 Å². The van der Waals surface area contributed by atoms with Gasteiger partial charge in [0.15, 0.2) is 0 Å². The number of benzene rings is 1. The predicted molar refractivity (Wildman–Crippen MR) is 111 cm³/mol. The van der Waals surface area contributed by atoms with Crippen molar-refractivity contribution in [3.63, 3.8) is 0 Å². The van der Waals surface area contributed by atoms with Crippen molar-refractivity contribution in [2.75, 3.05) is 20.2 Å². The van der Waals surface area contributed by atoms with Crippen LogP contribution in [0.1, 0.15) is 41.3 Å². The molecule has 0 aliphatic carbocycles. The van der Waals surface area contributed by atoms with Gasteiger partial charge in [-0.2, -0.15) is 0 Å². The molecular weight excluding hydrogens is 386 g/mol. The Kier molecular flexibility index (Phi) is 6.05. The number of aromatic nitrogens is 1. The molecular formula is C22H25N3O5. The Morgan fingerprint density at radius 2 is 1.93 bits per heavy atom. The van der Waals surface area contributed by atoms with Gasteiger partial charge < -0.3 is 15.0 Å².